The molecule has 92 valence electrons. The maximum absolute atomic E-state index is 8.70. The highest BCUT2D eigenvalue weighted by molar-refractivity contribution is 5.01. The van der Waals surface area contributed by atoms with Gasteiger partial charge in [0, 0.05) is 12.3 Å². The van der Waals surface area contributed by atoms with Gasteiger partial charge >= 0.3 is 0 Å². The van der Waals surface area contributed by atoms with E-state index in [1.54, 1.807) is 0 Å². The van der Waals surface area contributed by atoms with E-state index in [0.29, 0.717) is 5.92 Å². The van der Waals surface area contributed by atoms with Crippen LogP contribution in [0.4, 0.5) is 0 Å². The molecule has 0 aromatic carbocycles. The summed E-state index contributed by atoms with van der Waals surface area (Å²) in [6.07, 6.45) is 5.34. The van der Waals surface area contributed by atoms with Crippen molar-refractivity contribution < 1.29 is 5.11 Å². The fourth-order valence-electron chi connectivity index (χ4n) is 0.660. The lowest BCUT2D eigenvalue weighted by Gasteiger charge is -2.03. The number of hydrogen-bond acceptors (Lipinski definition) is 1. The van der Waals surface area contributed by atoms with Gasteiger partial charge in [-0.05, 0) is 11.8 Å². The zero-order valence-corrected chi connectivity index (χ0v) is 11.5. The average molecular weight is 222 g/mol. The van der Waals surface area contributed by atoms with Crippen LogP contribution in [-0.2, 0) is 0 Å². The van der Waals surface area contributed by atoms with Crippen LogP contribution in [0.2, 0.25) is 0 Å². The number of hydrogen-bond donors (Lipinski definition) is 1. The Labute approximate surface area is 102 Å². The van der Waals surface area contributed by atoms with Crippen LogP contribution >= 0.6 is 0 Å². The molecule has 0 saturated carbocycles. The first-order valence-corrected chi connectivity index (χ1v) is 5.93. The Morgan fingerprint density at radius 3 is 1.75 bits per heavy atom. The van der Waals surface area contributed by atoms with Gasteiger partial charge in [-0.2, -0.15) is 0 Å². The summed E-state index contributed by atoms with van der Waals surface area (Å²) >= 11 is 0. The molecule has 1 heteroatoms. The molecule has 0 aliphatic heterocycles. The third kappa shape index (κ3) is 15.5. The molecule has 1 nitrogen and oxygen atoms in total. The zero-order chi connectivity index (χ0) is 13.1. The Balaban J connectivity index is 0. The summed E-state index contributed by atoms with van der Waals surface area (Å²) in [5, 5.41) is 8.70. The Kier molecular flexibility index (Phi) is 11.6. The van der Waals surface area contributed by atoms with Crippen LogP contribution in [0.5, 0.6) is 0 Å². The summed E-state index contributed by atoms with van der Waals surface area (Å²) in [6.45, 7) is 12.4. The van der Waals surface area contributed by atoms with Crippen LogP contribution < -0.4 is 0 Å². The molecule has 0 aromatic heterocycles. The average Bonchev–Trinajstić information content (AvgIpc) is 2.16. The van der Waals surface area contributed by atoms with Crippen molar-refractivity contribution in [3.05, 3.63) is 0 Å². The minimum Gasteiger partial charge on any atom is -0.380 e. The summed E-state index contributed by atoms with van der Waals surface area (Å²) < 4.78 is 0. The highest BCUT2D eigenvalue weighted by atomic mass is 16.3. The van der Waals surface area contributed by atoms with Gasteiger partial charge in [-0.25, -0.2) is 0 Å². The molecule has 0 fully saturated rings. The second-order valence-corrected chi connectivity index (χ2v) is 4.93. The van der Waals surface area contributed by atoms with Gasteiger partial charge in [-0.3, -0.25) is 0 Å². The third-order valence-corrected chi connectivity index (χ3v) is 1.70. The van der Waals surface area contributed by atoms with Gasteiger partial charge in [-0.15, -0.1) is 18.3 Å². The number of terminal acetylenes is 1. The van der Waals surface area contributed by atoms with E-state index in [-0.39, 0.29) is 5.92 Å². The van der Waals surface area contributed by atoms with Gasteiger partial charge in [-0.1, -0.05) is 47.5 Å². The standard InChI is InChI=1S/C9H16.C6H10O/c1-8(2)6-5-7-9(3)4;1-4-6(7)5(2)3/h8-9H,6H2,1-4H3;1,5-7H,2-3H3. The Hall–Kier alpha value is -0.920. The minimum atomic E-state index is -0.569. The summed E-state index contributed by atoms with van der Waals surface area (Å²) in [4.78, 5) is 0. The van der Waals surface area contributed by atoms with Crippen LogP contribution in [-0.4, -0.2) is 11.2 Å². The van der Waals surface area contributed by atoms with Crippen LogP contribution in [0.3, 0.4) is 0 Å². The second kappa shape index (κ2) is 10.6. The van der Waals surface area contributed by atoms with Gasteiger partial charge in [0.25, 0.3) is 0 Å². The molecule has 0 heterocycles. The molecule has 1 atom stereocenters. The third-order valence-electron chi connectivity index (χ3n) is 1.70. The topological polar surface area (TPSA) is 20.2 Å². The molecule has 0 saturated heterocycles. The van der Waals surface area contributed by atoms with E-state index >= 15 is 0 Å². The van der Waals surface area contributed by atoms with Crippen LogP contribution in [0, 0.1) is 41.9 Å². The van der Waals surface area contributed by atoms with E-state index < -0.39 is 6.10 Å². The molecule has 1 N–H and O–H groups in total. The van der Waals surface area contributed by atoms with E-state index in [1.807, 2.05) is 13.8 Å². The van der Waals surface area contributed by atoms with E-state index in [0.717, 1.165) is 12.3 Å². The predicted octanol–water partition coefficient (Wildman–Crippen LogP) is 3.33. The van der Waals surface area contributed by atoms with Gasteiger partial charge < -0.3 is 5.11 Å². The zero-order valence-electron chi connectivity index (χ0n) is 11.5. The van der Waals surface area contributed by atoms with E-state index in [4.69, 9.17) is 11.5 Å². The number of aliphatic hydroxyl groups excluding tert-OH is 1. The lowest BCUT2D eigenvalue weighted by Crippen LogP contribution is -2.10. The summed E-state index contributed by atoms with van der Waals surface area (Å²) in [7, 11) is 0. The number of rotatable bonds is 2. The van der Waals surface area contributed by atoms with Crippen molar-refractivity contribution in [2.24, 2.45) is 17.8 Å². The molecule has 1 unspecified atom stereocenters. The van der Waals surface area contributed by atoms with Crippen LogP contribution in [0.25, 0.3) is 0 Å². The van der Waals surface area contributed by atoms with Gasteiger partial charge in [0.05, 0.1) is 0 Å². The Morgan fingerprint density at radius 1 is 1.06 bits per heavy atom. The van der Waals surface area contributed by atoms with Gasteiger partial charge in [0.1, 0.15) is 6.10 Å². The first-order valence-electron chi connectivity index (χ1n) is 5.93. The molecule has 0 spiro atoms. The molecule has 0 aromatic rings. The van der Waals surface area contributed by atoms with Crippen molar-refractivity contribution in [2.45, 2.75) is 54.1 Å². The first kappa shape index (κ1) is 17.5. The van der Waals surface area contributed by atoms with E-state index in [1.165, 1.54) is 0 Å². The second-order valence-electron chi connectivity index (χ2n) is 4.93. The fourth-order valence-corrected chi connectivity index (χ4v) is 0.660. The largest absolute Gasteiger partial charge is 0.380 e. The van der Waals surface area contributed by atoms with Crippen molar-refractivity contribution in [3.8, 4) is 24.2 Å². The van der Waals surface area contributed by atoms with E-state index in [9.17, 15) is 0 Å². The summed E-state index contributed by atoms with van der Waals surface area (Å²) in [6, 6.07) is 0. The van der Waals surface area contributed by atoms with Crippen molar-refractivity contribution in [3.63, 3.8) is 0 Å². The Morgan fingerprint density at radius 2 is 1.56 bits per heavy atom. The van der Waals surface area contributed by atoms with Crippen molar-refractivity contribution in [1.82, 2.24) is 0 Å². The highest BCUT2D eigenvalue weighted by Gasteiger charge is 2.01. The molecule has 0 amide bonds. The van der Waals surface area contributed by atoms with Crippen molar-refractivity contribution in [1.29, 1.82) is 0 Å². The first-order chi connectivity index (χ1) is 7.31. The molecule has 16 heavy (non-hydrogen) atoms. The normalized spacial score (nSPS) is 11.3. The molecular formula is C15H26O. The maximum Gasteiger partial charge on any atom is 0.116 e. The molecule has 0 radical (unpaired) electrons. The van der Waals surface area contributed by atoms with E-state index in [2.05, 4.69) is 45.5 Å². The predicted molar refractivity (Wildman–Crippen MR) is 71.7 cm³/mol. The number of aliphatic hydroxyl groups is 1. The fraction of sp³-hybridized carbons (Fsp3) is 0.733. The quantitative estimate of drug-likeness (QED) is 0.711. The maximum atomic E-state index is 8.70. The van der Waals surface area contributed by atoms with Gasteiger partial charge in [0.15, 0.2) is 0 Å². The van der Waals surface area contributed by atoms with Crippen molar-refractivity contribution >= 4 is 0 Å². The van der Waals surface area contributed by atoms with Crippen LogP contribution in [0.15, 0.2) is 0 Å². The monoisotopic (exact) mass is 222 g/mol. The molecule has 0 rings (SSSR count). The molecule has 0 aliphatic rings. The van der Waals surface area contributed by atoms with Crippen LogP contribution in [0.1, 0.15) is 48.0 Å². The lowest BCUT2D eigenvalue weighted by atomic mass is 10.1. The smallest absolute Gasteiger partial charge is 0.116 e. The summed E-state index contributed by atoms with van der Waals surface area (Å²) in [5.74, 6) is 9.92. The van der Waals surface area contributed by atoms with Crippen molar-refractivity contribution in [2.75, 3.05) is 0 Å². The Bertz CT molecular complexity index is 245. The minimum absolute atomic E-state index is 0.185. The highest BCUT2D eigenvalue weighted by Crippen LogP contribution is 1.97. The molecular weight excluding hydrogens is 196 g/mol. The summed E-state index contributed by atoms with van der Waals surface area (Å²) in [5.41, 5.74) is 0. The van der Waals surface area contributed by atoms with Gasteiger partial charge in [0.2, 0.25) is 0 Å². The SMILES string of the molecule is C#CC(O)C(C)C.CC(C)C#CCC(C)C. The molecule has 0 bridgehead atoms. The lowest BCUT2D eigenvalue weighted by molar-refractivity contribution is 0.181. The molecule has 0 aliphatic carbocycles.